The number of hydrogen-bond donors (Lipinski definition) is 1. The van der Waals surface area contributed by atoms with Gasteiger partial charge in [0.1, 0.15) is 0 Å². The number of rotatable bonds is 11. The molecule has 1 atom stereocenters. The van der Waals surface area contributed by atoms with Crippen LogP contribution >= 0.6 is 35.1 Å². The van der Waals surface area contributed by atoms with Crippen molar-refractivity contribution in [3.63, 3.8) is 0 Å². The summed E-state index contributed by atoms with van der Waals surface area (Å²) in [4.78, 5) is 26.7. The first-order valence-electron chi connectivity index (χ1n) is 9.57. The largest absolute Gasteiger partial charge is 0.313 e. The van der Waals surface area contributed by atoms with Crippen molar-refractivity contribution < 1.29 is 9.59 Å². The van der Waals surface area contributed by atoms with Gasteiger partial charge in [-0.1, -0.05) is 67.9 Å². The van der Waals surface area contributed by atoms with Crippen LogP contribution in [0.15, 0.2) is 64.4 Å². The number of ketones is 2. The molecule has 0 saturated carbocycles. The Labute approximate surface area is 186 Å². The van der Waals surface area contributed by atoms with Gasteiger partial charge in [0.25, 0.3) is 0 Å². The third kappa shape index (κ3) is 6.75. The Morgan fingerprint density at radius 2 is 1.55 bits per heavy atom. The monoisotopic (exact) mass is 447 g/mol. The summed E-state index contributed by atoms with van der Waals surface area (Å²) in [6, 6.07) is 16.2. The molecular formula is C23H26ClNO2S2. The Kier molecular flexibility index (Phi) is 10.0. The molecule has 0 aliphatic carbocycles. The van der Waals surface area contributed by atoms with Crippen LogP contribution in [-0.2, 0) is 4.79 Å². The average molecular weight is 448 g/mol. The molecule has 29 heavy (non-hydrogen) atoms. The fourth-order valence-electron chi connectivity index (χ4n) is 2.88. The number of carbonyl (C=O) groups excluding carboxylic acids is 2. The van der Waals surface area contributed by atoms with Crippen molar-refractivity contribution in [2.75, 3.05) is 18.6 Å². The van der Waals surface area contributed by atoms with E-state index in [2.05, 4.69) is 5.32 Å². The zero-order valence-corrected chi connectivity index (χ0v) is 19.3. The van der Waals surface area contributed by atoms with Crippen molar-refractivity contribution >= 4 is 46.7 Å². The minimum absolute atomic E-state index is 0.148. The molecule has 154 valence electrons. The molecule has 0 saturated heterocycles. The summed E-state index contributed by atoms with van der Waals surface area (Å²) in [7, 11) is 1.82. The number of allylic oxidation sites excluding steroid dienone is 1. The van der Waals surface area contributed by atoms with E-state index in [4.69, 9.17) is 11.6 Å². The first-order chi connectivity index (χ1) is 14.0. The Hall–Kier alpha value is -1.53. The molecule has 1 unspecified atom stereocenters. The smallest absolute Gasteiger partial charge is 0.198 e. The first-order valence-corrected chi connectivity index (χ1v) is 11.9. The zero-order valence-electron chi connectivity index (χ0n) is 16.9. The molecule has 2 aromatic carbocycles. The highest BCUT2D eigenvalue weighted by atomic mass is 35.5. The van der Waals surface area contributed by atoms with Gasteiger partial charge in [0, 0.05) is 23.0 Å². The maximum absolute atomic E-state index is 13.4. The van der Waals surface area contributed by atoms with Crippen LogP contribution in [-0.4, -0.2) is 30.1 Å². The molecule has 0 aromatic heterocycles. The molecule has 6 heteroatoms. The first kappa shape index (κ1) is 23.7. The van der Waals surface area contributed by atoms with Gasteiger partial charge in [-0.25, -0.2) is 0 Å². The summed E-state index contributed by atoms with van der Waals surface area (Å²) < 4.78 is 0.805. The molecule has 3 nitrogen and oxygen atoms in total. The number of hydrogen-bond acceptors (Lipinski definition) is 5. The SMILES string of the molecule is CCSC(SCC)=C(C(=O)CC(NC)c1ccc(Cl)cc1)C(=O)c1ccccc1. The van der Waals surface area contributed by atoms with Crippen LogP contribution in [0, 0.1) is 0 Å². The number of Topliss-reactive ketones (excluding diaryl/α,β-unsaturated/α-hetero) is 2. The maximum atomic E-state index is 13.4. The van der Waals surface area contributed by atoms with E-state index in [1.165, 1.54) is 0 Å². The van der Waals surface area contributed by atoms with E-state index in [-0.39, 0.29) is 24.0 Å². The number of carbonyl (C=O) groups is 2. The highest BCUT2D eigenvalue weighted by Crippen LogP contribution is 2.34. The molecule has 0 spiro atoms. The van der Waals surface area contributed by atoms with Gasteiger partial charge in [-0.15, -0.1) is 23.5 Å². The van der Waals surface area contributed by atoms with Crippen LogP contribution in [0.2, 0.25) is 5.02 Å². The quantitative estimate of drug-likeness (QED) is 0.193. The second-order valence-electron chi connectivity index (χ2n) is 6.24. The Balaban J connectivity index is 2.41. The van der Waals surface area contributed by atoms with Gasteiger partial charge >= 0.3 is 0 Å². The lowest BCUT2D eigenvalue weighted by molar-refractivity contribution is -0.115. The van der Waals surface area contributed by atoms with E-state index in [0.29, 0.717) is 16.2 Å². The van der Waals surface area contributed by atoms with Gasteiger partial charge in [0.15, 0.2) is 11.6 Å². The van der Waals surface area contributed by atoms with Gasteiger partial charge in [0.2, 0.25) is 0 Å². The van der Waals surface area contributed by atoms with E-state index in [1.54, 1.807) is 35.7 Å². The Bertz CT molecular complexity index is 843. The lowest BCUT2D eigenvalue weighted by Crippen LogP contribution is -2.23. The fourth-order valence-corrected chi connectivity index (χ4v) is 5.28. The lowest BCUT2D eigenvalue weighted by Gasteiger charge is -2.18. The molecule has 0 fully saturated rings. The molecular weight excluding hydrogens is 422 g/mol. The van der Waals surface area contributed by atoms with E-state index >= 15 is 0 Å². The predicted molar refractivity (Wildman–Crippen MR) is 127 cm³/mol. The Morgan fingerprint density at radius 1 is 0.966 bits per heavy atom. The molecule has 1 N–H and O–H groups in total. The maximum Gasteiger partial charge on any atom is 0.198 e. The van der Waals surface area contributed by atoms with Crippen LogP contribution < -0.4 is 5.32 Å². The van der Waals surface area contributed by atoms with E-state index in [0.717, 1.165) is 21.3 Å². The summed E-state index contributed by atoms with van der Waals surface area (Å²) in [6.45, 7) is 4.06. The molecule has 0 heterocycles. The summed E-state index contributed by atoms with van der Waals surface area (Å²) in [5, 5.41) is 3.84. The molecule has 0 amide bonds. The van der Waals surface area contributed by atoms with E-state index < -0.39 is 0 Å². The van der Waals surface area contributed by atoms with E-state index in [9.17, 15) is 9.59 Å². The van der Waals surface area contributed by atoms with Crippen LogP contribution in [0.25, 0.3) is 0 Å². The number of halogens is 1. The van der Waals surface area contributed by atoms with Gasteiger partial charge in [-0.3, -0.25) is 9.59 Å². The van der Waals surface area contributed by atoms with Gasteiger partial charge in [-0.05, 0) is 36.2 Å². The second kappa shape index (κ2) is 12.2. The third-order valence-electron chi connectivity index (χ3n) is 4.31. The molecule has 0 aliphatic rings. The standard InChI is InChI=1S/C23H26ClNO2S2/c1-4-28-23(29-5-2)21(22(27)17-9-7-6-8-10-17)20(26)15-19(25-3)16-11-13-18(24)14-12-16/h6-14,19,25H,4-5,15H2,1-3H3. The molecule has 0 bridgehead atoms. The van der Waals surface area contributed by atoms with Crippen molar-refractivity contribution in [2.24, 2.45) is 0 Å². The molecule has 0 aliphatic heterocycles. The molecule has 2 rings (SSSR count). The predicted octanol–water partition coefficient (Wildman–Crippen LogP) is 6.16. The van der Waals surface area contributed by atoms with Crippen LogP contribution in [0.4, 0.5) is 0 Å². The third-order valence-corrected chi connectivity index (χ3v) is 6.78. The number of benzene rings is 2. The fraction of sp³-hybridized carbons (Fsp3) is 0.304. The minimum atomic E-state index is -0.210. The number of thioether (sulfide) groups is 2. The van der Waals surface area contributed by atoms with Crippen LogP contribution in [0.5, 0.6) is 0 Å². The van der Waals surface area contributed by atoms with Crippen molar-refractivity contribution in [3.05, 3.63) is 80.6 Å². The van der Waals surface area contributed by atoms with Crippen molar-refractivity contribution in [1.82, 2.24) is 5.32 Å². The normalized spacial score (nSPS) is 11.7. The zero-order chi connectivity index (χ0) is 21.2. The summed E-state index contributed by atoms with van der Waals surface area (Å²) >= 11 is 9.10. The summed E-state index contributed by atoms with van der Waals surface area (Å²) in [5.74, 6) is 1.24. The van der Waals surface area contributed by atoms with Gasteiger partial charge < -0.3 is 5.32 Å². The second-order valence-corrected chi connectivity index (χ2v) is 9.49. The van der Waals surface area contributed by atoms with E-state index in [1.807, 2.05) is 63.4 Å². The van der Waals surface area contributed by atoms with Gasteiger partial charge in [0.05, 0.1) is 9.81 Å². The van der Waals surface area contributed by atoms with Crippen LogP contribution in [0.3, 0.4) is 0 Å². The summed E-state index contributed by atoms with van der Waals surface area (Å²) in [6.07, 6.45) is 0.198. The molecule has 0 radical (unpaired) electrons. The molecule has 2 aromatic rings. The highest BCUT2D eigenvalue weighted by Gasteiger charge is 2.27. The number of nitrogens with one attached hydrogen (secondary N) is 1. The Morgan fingerprint density at radius 3 is 2.07 bits per heavy atom. The minimum Gasteiger partial charge on any atom is -0.313 e. The van der Waals surface area contributed by atoms with Crippen molar-refractivity contribution in [2.45, 2.75) is 26.3 Å². The van der Waals surface area contributed by atoms with Crippen LogP contribution in [0.1, 0.15) is 42.2 Å². The van der Waals surface area contributed by atoms with Gasteiger partial charge in [-0.2, -0.15) is 0 Å². The van der Waals surface area contributed by atoms with Crippen molar-refractivity contribution in [1.29, 1.82) is 0 Å². The lowest BCUT2D eigenvalue weighted by atomic mass is 9.94. The average Bonchev–Trinajstić information content (AvgIpc) is 2.74. The highest BCUT2D eigenvalue weighted by molar-refractivity contribution is 8.22. The topological polar surface area (TPSA) is 46.2 Å². The summed E-state index contributed by atoms with van der Waals surface area (Å²) in [5.41, 5.74) is 1.79. The van der Waals surface area contributed by atoms with Crippen molar-refractivity contribution in [3.8, 4) is 0 Å².